The maximum absolute atomic E-state index is 10.9. The maximum Gasteiger partial charge on any atom is 0.212 e. The molecule has 1 aliphatic rings. The summed E-state index contributed by atoms with van der Waals surface area (Å²) >= 11 is 7.02. The predicted octanol–water partition coefficient (Wildman–Crippen LogP) is 4.18. The van der Waals surface area contributed by atoms with Gasteiger partial charge in [0.1, 0.15) is 0 Å². The Morgan fingerprint density at radius 1 is 1.67 bits per heavy atom. The SMILES string of the molecule is C=CC(=O)SCSCCCC1=CSCS1. The van der Waals surface area contributed by atoms with Crippen LogP contribution in [-0.2, 0) is 4.79 Å². The first kappa shape index (κ1) is 13.6. The van der Waals surface area contributed by atoms with Gasteiger partial charge >= 0.3 is 0 Å². The van der Waals surface area contributed by atoms with Gasteiger partial charge in [-0.2, -0.15) is 11.8 Å². The Morgan fingerprint density at radius 3 is 3.20 bits per heavy atom. The topological polar surface area (TPSA) is 17.1 Å². The van der Waals surface area contributed by atoms with Crippen LogP contribution in [0.4, 0.5) is 0 Å². The largest absolute Gasteiger partial charge is 0.282 e. The number of hydrogen-bond donors (Lipinski definition) is 0. The van der Waals surface area contributed by atoms with Crippen LogP contribution in [0.1, 0.15) is 12.8 Å². The summed E-state index contributed by atoms with van der Waals surface area (Å²) in [6, 6.07) is 0. The first-order valence-corrected chi connectivity index (χ1v) is 8.81. The Labute approximate surface area is 108 Å². The van der Waals surface area contributed by atoms with Gasteiger partial charge in [-0.15, -0.1) is 23.5 Å². The normalized spacial score (nSPS) is 15.1. The number of rotatable bonds is 7. The van der Waals surface area contributed by atoms with E-state index in [1.165, 1.54) is 40.7 Å². The molecule has 84 valence electrons. The lowest BCUT2D eigenvalue weighted by atomic mass is 10.3. The molecule has 0 bridgehead atoms. The van der Waals surface area contributed by atoms with Gasteiger partial charge in [0.05, 0.1) is 0 Å². The zero-order chi connectivity index (χ0) is 10.9. The van der Waals surface area contributed by atoms with E-state index < -0.39 is 0 Å². The van der Waals surface area contributed by atoms with Crippen LogP contribution in [0.2, 0.25) is 0 Å². The molecule has 0 amide bonds. The van der Waals surface area contributed by atoms with Crippen LogP contribution in [0.25, 0.3) is 0 Å². The van der Waals surface area contributed by atoms with E-state index in [4.69, 9.17) is 0 Å². The average molecular weight is 278 g/mol. The first-order valence-electron chi connectivity index (χ1n) is 4.63. The van der Waals surface area contributed by atoms with Crippen molar-refractivity contribution < 1.29 is 4.79 Å². The van der Waals surface area contributed by atoms with Crippen LogP contribution in [0.5, 0.6) is 0 Å². The highest BCUT2D eigenvalue weighted by Crippen LogP contribution is 2.34. The van der Waals surface area contributed by atoms with Crippen molar-refractivity contribution in [1.29, 1.82) is 0 Å². The number of thioether (sulfide) groups is 4. The van der Waals surface area contributed by atoms with Crippen molar-refractivity contribution in [2.75, 3.05) is 15.9 Å². The standard InChI is InChI=1S/C10H14OS4/c1-2-10(11)15-7-12-5-3-4-9-6-13-8-14-9/h2,6H,1,3-5,7-8H2. The van der Waals surface area contributed by atoms with Crippen LogP contribution >= 0.6 is 47.0 Å². The third kappa shape index (κ3) is 6.66. The summed E-state index contributed by atoms with van der Waals surface area (Å²) in [6.07, 6.45) is 3.79. The Morgan fingerprint density at radius 2 is 2.53 bits per heavy atom. The zero-order valence-electron chi connectivity index (χ0n) is 8.44. The summed E-state index contributed by atoms with van der Waals surface area (Å²) < 4.78 is 0. The quantitative estimate of drug-likeness (QED) is 0.393. The molecule has 0 radical (unpaired) electrons. The number of carbonyl (C=O) groups is 1. The average Bonchev–Trinajstić information content (AvgIpc) is 2.75. The lowest BCUT2D eigenvalue weighted by Crippen LogP contribution is -1.86. The third-order valence-electron chi connectivity index (χ3n) is 1.69. The molecule has 0 aliphatic carbocycles. The monoisotopic (exact) mass is 278 g/mol. The molecule has 0 atom stereocenters. The molecular weight excluding hydrogens is 264 g/mol. The molecule has 0 unspecified atom stereocenters. The molecule has 0 N–H and O–H groups in total. The van der Waals surface area contributed by atoms with Gasteiger partial charge in [0, 0.05) is 10.2 Å². The predicted molar refractivity (Wildman–Crippen MR) is 77.5 cm³/mol. The van der Waals surface area contributed by atoms with Crippen molar-refractivity contribution in [3.05, 3.63) is 23.0 Å². The van der Waals surface area contributed by atoms with Crippen molar-refractivity contribution in [2.45, 2.75) is 12.8 Å². The van der Waals surface area contributed by atoms with Gasteiger partial charge in [0.2, 0.25) is 5.12 Å². The van der Waals surface area contributed by atoms with E-state index in [2.05, 4.69) is 12.0 Å². The molecule has 0 aromatic rings. The number of carbonyl (C=O) groups excluding carboxylic acids is 1. The van der Waals surface area contributed by atoms with E-state index in [0.29, 0.717) is 0 Å². The second-order valence-corrected chi connectivity index (χ2v) is 7.59. The molecule has 0 saturated carbocycles. The summed E-state index contributed by atoms with van der Waals surface area (Å²) in [4.78, 5) is 12.4. The minimum Gasteiger partial charge on any atom is -0.282 e. The summed E-state index contributed by atoms with van der Waals surface area (Å²) in [5, 5.41) is 4.39. The minimum atomic E-state index is 0.0768. The summed E-state index contributed by atoms with van der Waals surface area (Å²) in [5.74, 6) is 1.14. The van der Waals surface area contributed by atoms with Crippen molar-refractivity contribution in [3.8, 4) is 0 Å². The molecule has 0 aromatic carbocycles. The Bertz CT molecular complexity index is 250. The maximum atomic E-state index is 10.9. The molecule has 0 fully saturated rings. The first-order chi connectivity index (χ1) is 7.33. The molecule has 5 heteroatoms. The van der Waals surface area contributed by atoms with Gasteiger partial charge in [-0.1, -0.05) is 18.3 Å². The summed E-state index contributed by atoms with van der Waals surface area (Å²) in [6.45, 7) is 3.44. The summed E-state index contributed by atoms with van der Waals surface area (Å²) in [5.41, 5.74) is 0. The molecule has 1 aliphatic heterocycles. The second-order valence-electron chi connectivity index (χ2n) is 2.81. The van der Waals surface area contributed by atoms with Crippen molar-refractivity contribution in [3.63, 3.8) is 0 Å². The van der Waals surface area contributed by atoms with Gasteiger partial charge in [-0.25, -0.2) is 0 Å². The smallest absolute Gasteiger partial charge is 0.212 e. The highest BCUT2D eigenvalue weighted by atomic mass is 32.2. The molecule has 0 spiro atoms. The lowest BCUT2D eigenvalue weighted by molar-refractivity contribution is -0.107. The lowest BCUT2D eigenvalue weighted by Gasteiger charge is -2.00. The van der Waals surface area contributed by atoms with E-state index >= 15 is 0 Å². The fraction of sp³-hybridized carbons (Fsp3) is 0.500. The van der Waals surface area contributed by atoms with Crippen molar-refractivity contribution in [1.82, 2.24) is 0 Å². The molecule has 0 saturated heterocycles. The van der Waals surface area contributed by atoms with Crippen molar-refractivity contribution >= 4 is 52.2 Å². The van der Waals surface area contributed by atoms with Gasteiger partial charge in [-0.3, -0.25) is 4.79 Å². The van der Waals surface area contributed by atoms with Crippen LogP contribution in [0.15, 0.2) is 23.0 Å². The molecule has 1 heterocycles. The van der Waals surface area contributed by atoms with E-state index in [9.17, 15) is 4.79 Å². The molecule has 1 nitrogen and oxygen atoms in total. The number of hydrogen-bond acceptors (Lipinski definition) is 5. The molecule has 0 aromatic heterocycles. The van der Waals surface area contributed by atoms with E-state index in [0.717, 1.165) is 10.8 Å². The van der Waals surface area contributed by atoms with Crippen LogP contribution in [0, 0.1) is 0 Å². The fourth-order valence-electron chi connectivity index (χ4n) is 0.968. The Hall–Kier alpha value is 0.550. The Kier molecular flexibility index (Phi) is 7.87. The van der Waals surface area contributed by atoms with E-state index in [1.807, 2.05) is 35.3 Å². The van der Waals surface area contributed by atoms with Crippen LogP contribution in [0.3, 0.4) is 0 Å². The third-order valence-corrected chi connectivity index (χ3v) is 6.17. The minimum absolute atomic E-state index is 0.0768. The zero-order valence-corrected chi connectivity index (χ0v) is 11.7. The van der Waals surface area contributed by atoms with E-state index in [1.54, 1.807) is 0 Å². The van der Waals surface area contributed by atoms with Gasteiger partial charge in [0.25, 0.3) is 0 Å². The molecular formula is C10H14OS4. The Balaban J connectivity index is 1.88. The fourth-order valence-corrected chi connectivity index (χ4v) is 4.92. The van der Waals surface area contributed by atoms with Crippen molar-refractivity contribution in [2.24, 2.45) is 0 Å². The van der Waals surface area contributed by atoms with Crippen LogP contribution in [-0.4, -0.2) is 21.0 Å². The highest BCUT2D eigenvalue weighted by Gasteiger charge is 2.04. The van der Waals surface area contributed by atoms with E-state index in [-0.39, 0.29) is 5.12 Å². The van der Waals surface area contributed by atoms with Gasteiger partial charge in [-0.05, 0) is 35.0 Å². The van der Waals surface area contributed by atoms with Gasteiger partial charge in [0.15, 0.2) is 0 Å². The second kappa shape index (κ2) is 8.67. The highest BCUT2D eigenvalue weighted by molar-refractivity contribution is 8.24. The summed E-state index contributed by atoms with van der Waals surface area (Å²) in [7, 11) is 0. The van der Waals surface area contributed by atoms with Gasteiger partial charge < -0.3 is 0 Å². The molecule has 15 heavy (non-hydrogen) atoms. The van der Waals surface area contributed by atoms with Crippen LogP contribution < -0.4 is 0 Å². The molecule has 1 rings (SSSR count). The number of allylic oxidation sites excluding steroid dienone is 1.